The first-order valence-corrected chi connectivity index (χ1v) is 5.49. The fraction of sp³-hybridized carbons (Fsp3) is 0.417. The first-order chi connectivity index (χ1) is 7.83. The summed E-state index contributed by atoms with van der Waals surface area (Å²) in [7, 11) is 0. The Kier molecular flexibility index (Phi) is 2.20. The minimum absolute atomic E-state index is 0.150. The number of nitrogens with one attached hydrogen (secondary N) is 1. The third-order valence-corrected chi connectivity index (χ3v) is 3.13. The van der Waals surface area contributed by atoms with Gasteiger partial charge in [-0.3, -0.25) is 4.79 Å². The average Bonchev–Trinajstić information content (AvgIpc) is 2.77. The first-order valence-electron chi connectivity index (χ1n) is 5.49. The van der Waals surface area contributed by atoms with Gasteiger partial charge in [-0.05, 0) is 24.1 Å². The van der Waals surface area contributed by atoms with Gasteiger partial charge in [0.25, 0.3) is 0 Å². The zero-order valence-corrected chi connectivity index (χ0v) is 8.86. The number of hydrogen-bond acceptors (Lipinski definition) is 3. The van der Waals surface area contributed by atoms with E-state index in [1.165, 1.54) is 5.56 Å². The molecule has 1 unspecified atom stereocenters. The van der Waals surface area contributed by atoms with Gasteiger partial charge in [0.15, 0.2) is 11.5 Å². The molecular formula is C12H13NO3. The Morgan fingerprint density at radius 2 is 2.12 bits per heavy atom. The van der Waals surface area contributed by atoms with Crippen molar-refractivity contribution < 1.29 is 14.3 Å². The summed E-state index contributed by atoms with van der Waals surface area (Å²) in [6.07, 6.45) is 1.52. The van der Waals surface area contributed by atoms with E-state index in [2.05, 4.69) is 11.4 Å². The molecular weight excluding hydrogens is 206 g/mol. The third kappa shape index (κ3) is 1.60. The molecule has 1 fully saturated rings. The van der Waals surface area contributed by atoms with Gasteiger partial charge in [0.05, 0.1) is 0 Å². The van der Waals surface area contributed by atoms with Gasteiger partial charge < -0.3 is 14.8 Å². The van der Waals surface area contributed by atoms with Crippen molar-refractivity contribution >= 4 is 5.91 Å². The lowest BCUT2D eigenvalue weighted by Crippen LogP contribution is -2.33. The van der Waals surface area contributed by atoms with E-state index < -0.39 is 0 Å². The summed E-state index contributed by atoms with van der Waals surface area (Å²) in [5.74, 6) is 2.17. The Hall–Kier alpha value is -1.71. The van der Waals surface area contributed by atoms with Crippen LogP contribution < -0.4 is 14.8 Å². The predicted molar refractivity (Wildman–Crippen MR) is 57.5 cm³/mol. The van der Waals surface area contributed by atoms with Crippen molar-refractivity contribution in [2.24, 2.45) is 0 Å². The molecule has 1 aromatic carbocycles. The van der Waals surface area contributed by atoms with E-state index in [1.54, 1.807) is 0 Å². The molecule has 84 valence electrons. The van der Waals surface area contributed by atoms with Gasteiger partial charge in [-0.25, -0.2) is 0 Å². The summed E-state index contributed by atoms with van der Waals surface area (Å²) in [4.78, 5) is 11.1. The topological polar surface area (TPSA) is 47.6 Å². The maximum atomic E-state index is 11.1. The van der Waals surface area contributed by atoms with E-state index in [9.17, 15) is 4.79 Å². The van der Waals surface area contributed by atoms with Crippen molar-refractivity contribution in [3.8, 4) is 11.5 Å². The first kappa shape index (κ1) is 9.51. The second-order valence-electron chi connectivity index (χ2n) is 4.15. The Morgan fingerprint density at radius 1 is 1.25 bits per heavy atom. The average molecular weight is 219 g/mol. The lowest BCUT2D eigenvalue weighted by molar-refractivity contribution is -0.122. The minimum atomic E-state index is 0.150. The summed E-state index contributed by atoms with van der Waals surface area (Å²) in [5, 5.41) is 2.89. The van der Waals surface area contributed by atoms with E-state index in [-0.39, 0.29) is 5.91 Å². The van der Waals surface area contributed by atoms with Crippen molar-refractivity contribution in [1.82, 2.24) is 5.32 Å². The van der Waals surface area contributed by atoms with Crippen LogP contribution in [0.5, 0.6) is 11.5 Å². The van der Waals surface area contributed by atoms with Crippen molar-refractivity contribution in [2.75, 3.05) is 13.3 Å². The Bertz CT molecular complexity index is 420. The van der Waals surface area contributed by atoms with Gasteiger partial charge in [0.1, 0.15) is 0 Å². The second kappa shape index (κ2) is 3.70. The highest BCUT2D eigenvalue weighted by Gasteiger charge is 2.22. The molecule has 1 saturated heterocycles. The molecule has 3 rings (SSSR count). The molecule has 2 aliphatic rings. The molecule has 4 heteroatoms. The molecule has 1 aromatic rings. The Morgan fingerprint density at radius 3 is 2.94 bits per heavy atom. The second-order valence-corrected chi connectivity index (χ2v) is 4.15. The lowest BCUT2D eigenvalue weighted by atomic mass is 9.91. The van der Waals surface area contributed by atoms with Gasteiger partial charge in [-0.1, -0.05) is 6.07 Å². The summed E-state index contributed by atoms with van der Waals surface area (Å²) in [6, 6.07) is 6.01. The largest absolute Gasteiger partial charge is 0.454 e. The molecule has 0 bridgehead atoms. The molecule has 16 heavy (non-hydrogen) atoms. The van der Waals surface area contributed by atoms with Gasteiger partial charge in [0.2, 0.25) is 12.7 Å². The number of rotatable bonds is 1. The lowest BCUT2D eigenvalue weighted by Gasteiger charge is -2.22. The number of carbonyl (C=O) groups is 1. The van der Waals surface area contributed by atoms with Gasteiger partial charge in [0, 0.05) is 18.9 Å². The monoisotopic (exact) mass is 219 g/mol. The van der Waals surface area contributed by atoms with E-state index >= 15 is 0 Å². The van der Waals surface area contributed by atoms with Crippen LogP contribution in [0.25, 0.3) is 0 Å². The highest BCUT2D eigenvalue weighted by Crippen LogP contribution is 2.35. The number of carbonyl (C=O) groups excluding carboxylic acids is 1. The molecule has 4 nitrogen and oxygen atoms in total. The van der Waals surface area contributed by atoms with Crippen LogP contribution >= 0.6 is 0 Å². The summed E-state index contributed by atoms with van der Waals surface area (Å²) in [6.45, 7) is 1.03. The van der Waals surface area contributed by atoms with Crippen LogP contribution in [0, 0.1) is 0 Å². The maximum absolute atomic E-state index is 11.1. The standard InChI is InChI=1S/C12H13NO3/c14-12-4-2-9(6-13-12)8-1-3-10-11(5-8)16-7-15-10/h1,3,5,9H,2,4,6-7H2,(H,13,14). The van der Waals surface area contributed by atoms with Crippen molar-refractivity contribution in [1.29, 1.82) is 0 Å². The summed E-state index contributed by atoms with van der Waals surface area (Å²) >= 11 is 0. The molecule has 0 radical (unpaired) electrons. The smallest absolute Gasteiger partial charge is 0.231 e. The van der Waals surface area contributed by atoms with Crippen LogP contribution in [0.4, 0.5) is 0 Å². The van der Waals surface area contributed by atoms with Gasteiger partial charge >= 0.3 is 0 Å². The maximum Gasteiger partial charge on any atom is 0.231 e. The summed E-state index contributed by atoms with van der Waals surface area (Å²) in [5.41, 5.74) is 1.21. The molecule has 1 amide bonds. The number of amides is 1. The zero-order chi connectivity index (χ0) is 11.0. The van der Waals surface area contributed by atoms with Crippen LogP contribution in [0.2, 0.25) is 0 Å². The van der Waals surface area contributed by atoms with Crippen LogP contribution in [0.3, 0.4) is 0 Å². The van der Waals surface area contributed by atoms with Crippen molar-refractivity contribution in [3.63, 3.8) is 0 Å². The van der Waals surface area contributed by atoms with E-state index in [4.69, 9.17) is 9.47 Å². The van der Waals surface area contributed by atoms with Gasteiger partial charge in [-0.15, -0.1) is 0 Å². The van der Waals surface area contributed by atoms with Crippen LogP contribution in [-0.2, 0) is 4.79 Å². The minimum Gasteiger partial charge on any atom is -0.454 e. The molecule has 0 aromatic heterocycles. The molecule has 0 spiro atoms. The summed E-state index contributed by atoms with van der Waals surface area (Å²) < 4.78 is 10.6. The number of ether oxygens (including phenoxy) is 2. The molecule has 2 heterocycles. The number of hydrogen-bond donors (Lipinski definition) is 1. The Labute approximate surface area is 93.5 Å². The predicted octanol–water partition coefficient (Wildman–Crippen LogP) is 1.41. The fourth-order valence-electron chi connectivity index (χ4n) is 2.18. The molecule has 1 atom stereocenters. The fourth-order valence-corrected chi connectivity index (χ4v) is 2.18. The van der Waals surface area contributed by atoms with E-state index in [1.807, 2.05) is 12.1 Å². The number of fused-ring (bicyclic) bond motifs is 1. The normalized spacial score (nSPS) is 23.0. The van der Waals surface area contributed by atoms with E-state index in [0.29, 0.717) is 19.1 Å². The molecule has 0 saturated carbocycles. The highest BCUT2D eigenvalue weighted by molar-refractivity contribution is 5.76. The number of benzene rings is 1. The van der Waals surface area contributed by atoms with Crippen LogP contribution in [0.15, 0.2) is 18.2 Å². The molecule has 1 N–H and O–H groups in total. The Balaban J connectivity index is 1.82. The molecule has 0 aliphatic carbocycles. The molecule has 2 aliphatic heterocycles. The third-order valence-electron chi connectivity index (χ3n) is 3.13. The van der Waals surface area contributed by atoms with Crippen LogP contribution in [-0.4, -0.2) is 19.2 Å². The van der Waals surface area contributed by atoms with Crippen molar-refractivity contribution in [3.05, 3.63) is 23.8 Å². The SMILES string of the molecule is O=C1CCC(c2ccc3c(c2)OCO3)CN1. The van der Waals surface area contributed by atoms with Gasteiger partial charge in [-0.2, -0.15) is 0 Å². The quantitative estimate of drug-likeness (QED) is 0.776. The van der Waals surface area contributed by atoms with E-state index in [0.717, 1.165) is 24.5 Å². The zero-order valence-electron chi connectivity index (χ0n) is 8.86. The highest BCUT2D eigenvalue weighted by atomic mass is 16.7. The van der Waals surface area contributed by atoms with Crippen molar-refractivity contribution in [2.45, 2.75) is 18.8 Å². The van der Waals surface area contributed by atoms with Crippen LogP contribution in [0.1, 0.15) is 24.3 Å². The number of piperidine rings is 1.